The van der Waals surface area contributed by atoms with Crippen LogP contribution in [0.15, 0.2) is 30.5 Å². The third-order valence-corrected chi connectivity index (χ3v) is 3.02. The number of benzene rings is 1. The molecule has 0 spiro atoms. The molecule has 8 heteroatoms. The highest BCUT2D eigenvalue weighted by atomic mass is 35.5. The zero-order valence-electron chi connectivity index (χ0n) is 10.8. The second-order valence-corrected chi connectivity index (χ2v) is 4.56. The molecular formula is C13H9ClFN3O3. The predicted octanol–water partition coefficient (Wildman–Crippen LogP) is 3.34. The van der Waals surface area contributed by atoms with E-state index in [4.69, 9.17) is 11.6 Å². The lowest BCUT2D eigenvalue weighted by molar-refractivity contribution is -0.385. The number of anilines is 1. The fraction of sp³-hybridized carbons (Fsp3) is 0.0769. The lowest BCUT2D eigenvalue weighted by atomic mass is 10.1. The molecule has 0 atom stereocenters. The van der Waals surface area contributed by atoms with Gasteiger partial charge >= 0.3 is 0 Å². The molecule has 0 saturated heterocycles. The molecule has 0 aliphatic rings. The summed E-state index contributed by atoms with van der Waals surface area (Å²) in [5, 5.41) is 13.1. The van der Waals surface area contributed by atoms with Gasteiger partial charge in [0.05, 0.1) is 16.7 Å². The number of halogens is 2. The van der Waals surface area contributed by atoms with Crippen molar-refractivity contribution in [3.63, 3.8) is 0 Å². The third kappa shape index (κ3) is 3.32. The first-order chi connectivity index (χ1) is 9.88. The van der Waals surface area contributed by atoms with Gasteiger partial charge in [0, 0.05) is 17.3 Å². The van der Waals surface area contributed by atoms with E-state index in [0.717, 1.165) is 12.3 Å². The molecule has 21 heavy (non-hydrogen) atoms. The number of amides is 1. The second-order valence-electron chi connectivity index (χ2n) is 4.20. The molecular weight excluding hydrogens is 301 g/mol. The quantitative estimate of drug-likeness (QED) is 0.535. The Morgan fingerprint density at radius 1 is 1.43 bits per heavy atom. The Hall–Kier alpha value is -2.54. The maximum absolute atomic E-state index is 13.1. The standard InChI is InChI=1S/C13H9ClFN3O3/c1-7-2-3-9(5-11(7)18(20)21)17-13(19)10-4-8(15)6-16-12(10)14/h2-6H,1H3,(H,17,19). The molecule has 0 aliphatic heterocycles. The molecule has 108 valence electrons. The van der Waals surface area contributed by atoms with Crippen LogP contribution in [0.1, 0.15) is 15.9 Å². The number of carbonyl (C=O) groups is 1. The largest absolute Gasteiger partial charge is 0.322 e. The Kier molecular flexibility index (Phi) is 4.13. The Balaban J connectivity index is 2.29. The normalized spacial score (nSPS) is 10.2. The van der Waals surface area contributed by atoms with Crippen LogP contribution in [-0.4, -0.2) is 15.8 Å². The van der Waals surface area contributed by atoms with Gasteiger partial charge in [0.2, 0.25) is 0 Å². The Morgan fingerprint density at radius 3 is 2.81 bits per heavy atom. The molecule has 0 saturated carbocycles. The summed E-state index contributed by atoms with van der Waals surface area (Å²) in [6.45, 7) is 1.58. The number of nitro benzene ring substituents is 1. The topological polar surface area (TPSA) is 85.1 Å². The fourth-order valence-corrected chi connectivity index (χ4v) is 1.85. The van der Waals surface area contributed by atoms with Crippen LogP contribution >= 0.6 is 11.6 Å². The molecule has 1 amide bonds. The molecule has 0 radical (unpaired) electrons. The van der Waals surface area contributed by atoms with E-state index < -0.39 is 16.6 Å². The van der Waals surface area contributed by atoms with Crippen LogP contribution in [0.2, 0.25) is 5.15 Å². The van der Waals surface area contributed by atoms with E-state index in [2.05, 4.69) is 10.3 Å². The van der Waals surface area contributed by atoms with Crippen LogP contribution in [0, 0.1) is 22.9 Å². The van der Waals surface area contributed by atoms with Crippen molar-refractivity contribution in [2.24, 2.45) is 0 Å². The maximum Gasteiger partial charge on any atom is 0.274 e. The van der Waals surface area contributed by atoms with Gasteiger partial charge in [-0.25, -0.2) is 9.37 Å². The zero-order valence-corrected chi connectivity index (χ0v) is 11.5. The van der Waals surface area contributed by atoms with Gasteiger partial charge in [0.25, 0.3) is 11.6 Å². The van der Waals surface area contributed by atoms with Crippen molar-refractivity contribution in [2.75, 3.05) is 5.32 Å². The first-order valence-electron chi connectivity index (χ1n) is 5.76. The van der Waals surface area contributed by atoms with Gasteiger partial charge in [-0.1, -0.05) is 17.7 Å². The molecule has 6 nitrogen and oxygen atoms in total. The first-order valence-corrected chi connectivity index (χ1v) is 6.13. The molecule has 2 aromatic rings. The van der Waals surface area contributed by atoms with Gasteiger partial charge in [-0.05, 0) is 19.1 Å². The number of hydrogen-bond donors (Lipinski definition) is 1. The molecule has 1 aromatic heterocycles. The summed E-state index contributed by atoms with van der Waals surface area (Å²) < 4.78 is 13.1. The van der Waals surface area contributed by atoms with E-state index in [1.165, 1.54) is 18.2 Å². The first kappa shape index (κ1) is 14.9. The lowest BCUT2D eigenvalue weighted by Crippen LogP contribution is -2.13. The van der Waals surface area contributed by atoms with Crippen LogP contribution < -0.4 is 5.32 Å². The molecule has 0 bridgehead atoms. The van der Waals surface area contributed by atoms with Crippen molar-refractivity contribution < 1.29 is 14.1 Å². The summed E-state index contributed by atoms with van der Waals surface area (Å²) in [6.07, 6.45) is 0.885. The van der Waals surface area contributed by atoms with Crippen LogP contribution in [0.25, 0.3) is 0 Å². The van der Waals surface area contributed by atoms with Crippen LogP contribution in [0.3, 0.4) is 0 Å². The van der Waals surface area contributed by atoms with Gasteiger partial charge in [0.15, 0.2) is 0 Å². The van der Waals surface area contributed by atoms with Gasteiger partial charge < -0.3 is 5.32 Å². The minimum atomic E-state index is -0.709. The number of nitro groups is 1. The highest BCUT2D eigenvalue weighted by Gasteiger charge is 2.16. The summed E-state index contributed by atoms with van der Waals surface area (Å²) >= 11 is 5.72. The number of hydrogen-bond acceptors (Lipinski definition) is 4. The van der Waals surface area contributed by atoms with E-state index in [1.54, 1.807) is 6.92 Å². The average Bonchev–Trinajstić information content (AvgIpc) is 2.43. The van der Waals surface area contributed by atoms with Crippen LogP contribution in [0.5, 0.6) is 0 Å². The average molecular weight is 310 g/mol. The van der Waals surface area contributed by atoms with E-state index in [9.17, 15) is 19.3 Å². The predicted molar refractivity (Wildman–Crippen MR) is 75.0 cm³/mol. The van der Waals surface area contributed by atoms with Gasteiger partial charge in [-0.3, -0.25) is 14.9 Å². The zero-order chi connectivity index (χ0) is 15.6. The minimum Gasteiger partial charge on any atom is -0.322 e. The van der Waals surface area contributed by atoms with Crippen molar-refractivity contribution in [3.8, 4) is 0 Å². The van der Waals surface area contributed by atoms with E-state index >= 15 is 0 Å². The van der Waals surface area contributed by atoms with E-state index in [-0.39, 0.29) is 22.1 Å². The number of rotatable bonds is 3. The molecule has 2 rings (SSSR count). The van der Waals surface area contributed by atoms with Crippen LogP contribution in [-0.2, 0) is 0 Å². The van der Waals surface area contributed by atoms with Crippen molar-refractivity contribution in [2.45, 2.75) is 6.92 Å². The highest BCUT2D eigenvalue weighted by Crippen LogP contribution is 2.23. The molecule has 0 fully saturated rings. The number of pyridine rings is 1. The monoisotopic (exact) mass is 309 g/mol. The number of aromatic nitrogens is 1. The molecule has 1 N–H and O–H groups in total. The van der Waals surface area contributed by atoms with Crippen molar-refractivity contribution >= 4 is 28.9 Å². The summed E-state index contributed by atoms with van der Waals surface area (Å²) in [4.78, 5) is 25.8. The molecule has 1 heterocycles. The Labute approximate surface area is 123 Å². The van der Waals surface area contributed by atoms with Crippen molar-refractivity contribution in [1.82, 2.24) is 4.98 Å². The Bertz CT molecular complexity index is 737. The second kappa shape index (κ2) is 5.84. The molecule has 0 aliphatic carbocycles. The maximum atomic E-state index is 13.1. The van der Waals surface area contributed by atoms with E-state index in [1.807, 2.05) is 0 Å². The van der Waals surface area contributed by atoms with Crippen molar-refractivity contribution in [3.05, 3.63) is 62.7 Å². The summed E-state index contributed by atoms with van der Waals surface area (Å²) in [6, 6.07) is 5.15. The molecule has 1 aromatic carbocycles. The van der Waals surface area contributed by atoms with Crippen molar-refractivity contribution in [1.29, 1.82) is 0 Å². The fourth-order valence-electron chi connectivity index (χ4n) is 1.66. The summed E-state index contributed by atoms with van der Waals surface area (Å²) in [5.41, 5.74) is 0.386. The van der Waals surface area contributed by atoms with Gasteiger partial charge in [-0.15, -0.1) is 0 Å². The molecule has 0 unspecified atom stereocenters. The number of carbonyl (C=O) groups excluding carboxylic acids is 1. The third-order valence-electron chi connectivity index (χ3n) is 2.71. The van der Waals surface area contributed by atoms with Gasteiger partial charge in [-0.2, -0.15) is 0 Å². The Morgan fingerprint density at radius 2 is 2.14 bits per heavy atom. The smallest absolute Gasteiger partial charge is 0.274 e. The SMILES string of the molecule is Cc1ccc(NC(=O)c2cc(F)cnc2Cl)cc1[N+](=O)[O-]. The number of nitrogens with one attached hydrogen (secondary N) is 1. The highest BCUT2D eigenvalue weighted by molar-refractivity contribution is 6.33. The lowest BCUT2D eigenvalue weighted by Gasteiger charge is -2.07. The minimum absolute atomic E-state index is 0.128. The van der Waals surface area contributed by atoms with Crippen LogP contribution in [0.4, 0.5) is 15.8 Å². The summed E-state index contributed by atoms with van der Waals surface area (Å²) in [5.74, 6) is -1.41. The number of aryl methyl sites for hydroxylation is 1. The number of nitrogens with zero attached hydrogens (tertiary/aromatic N) is 2. The van der Waals surface area contributed by atoms with Gasteiger partial charge in [0.1, 0.15) is 11.0 Å². The summed E-state index contributed by atoms with van der Waals surface area (Å²) in [7, 11) is 0. The van der Waals surface area contributed by atoms with E-state index in [0.29, 0.717) is 5.56 Å².